The van der Waals surface area contributed by atoms with Gasteiger partial charge in [-0.2, -0.15) is 0 Å². The Bertz CT molecular complexity index is 324. The third-order valence-corrected chi connectivity index (χ3v) is 2.63. The van der Waals surface area contributed by atoms with Gasteiger partial charge in [0.1, 0.15) is 0 Å². The van der Waals surface area contributed by atoms with Crippen molar-refractivity contribution in [3.05, 3.63) is 24.2 Å². The summed E-state index contributed by atoms with van der Waals surface area (Å²) in [5, 5.41) is 0. The molecule has 2 atom stereocenters. The molecule has 0 aliphatic carbocycles. The van der Waals surface area contributed by atoms with Crippen LogP contribution in [0.3, 0.4) is 0 Å². The topological polar surface area (TPSA) is 42.7 Å². The van der Waals surface area contributed by atoms with E-state index < -0.39 is 0 Å². The van der Waals surface area contributed by atoms with Gasteiger partial charge in [0, 0.05) is 0 Å². The molecule has 2 rings (SSSR count). The first-order valence-corrected chi connectivity index (χ1v) is 5.14. The molecule has 0 N–H and O–H groups in total. The molecule has 1 aromatic heterocycles. The lowest BCUT2D eigenvalue weighted by Crippen LogP contribution is -2.52. The molecule has 1 saturated heterocycles. The summed E-state index contributed by atoms with van der Waals surface area (Å²) in [6, 6.07) is 3.62. The molecule has 1 aromatic rings. The molecule has 2 heterocycles. The number of nitrogens with zero attached hydrogens (tertiary/aromatic N) is 1. The first kappa shape index (κ1) is 10.2. The highest BCUT2D eigenvalue weighted by Gasteiger charge is 2.31. The minimum Gasteiger partial charge on any atom is -0.459 e. The van der Waals surface area contributed by atoms with E-state index >= 15 is 0 Å². The van der Waals surface area contributed by atoms with Crippen molar-refractivity contribution in [1.29, 1.82) is 0 Å². The molecule has 4 heteroatoms. The molecule has 0 unspecified atom stereocenters. The Balaban J connectivity index is 2.17. The van der Waals surface area contributed by atoms with Crippen LogP contribution in [0.1, 0.15) is 24.4 Å². The number of morpholine rings is 1. The molecule has 1 aliphatic rings. The maximum atomic E-state index is 12.1. The molecule has 0 bridgehead atoms. The number of rotatable bonds is 1. The third-order valence-electron chi connectivity index (χ3n) is 2.63. The normalized spacial score (nSPS) is 26.7. The summed E-state index contributed by atoms with van der Waals surface area (Å²) in [5.74, 6) is 0.346. The third kappa shape index (κ3) is 1.90. The van der Waals surface area contributed by atoms with Gasteiger partial charge >= 0.3 is 0 Å². The van der Waals surface area contributed by atoms with Gasteiger partial charge in [-0.1, -0.05) is 0 Å². The van der Waals surface area contributed by atoms with E-state index in [0.717, 1.165) is 0 Å². The van der Waals surface area contributed by atoms with Gasteiger partial charge < -0.3 is 14.1 Å². The van der Waals surface area contributed by atoms with Crippen molar-refractivity contribution >= 4 is 5.91 Å². The lowest BCUT2D eigenvalue weighted by Gasteiger charge is -2.38. The highest BCUT2D eigenvalue weighted by molar-refractivity contribution is 5.91. The highest BCUT2D eigenvalue weighted by Crippen LogP contribution is 2.17. The molecule has 1 fully saturated rings. The maximum Gasteiger partial charge on any atom is 0.290 e. The number of hydrogen-bond acceptors (Lipinski definition) is 3. The van der Waals surface area contributed by atoms with Gasteiger partial charge in [0.25, 0.3) is 5.91 Å². The van der Waals surface area contributed by atoms with Crippen molar-refractivity contribution in [3.8, 4) is 0 Å². The van der Waals surface area contributed by atoms with Crippen molar-refractivity contribution in [2.24, 2.45) is 0 Å². The van der Waals surface area contributed by atoms with Crippen molar-refractivity contribution < 1.29 is 13.9 Å². The van der Waals surface area contributed by atoms with Crippen LogP contribution in [0, 0.1) is 0 Å². The second kappa shape index (κ2) is 4.06. The fourth-order valence-corrected chi connectivity index (χ4v) is 1.93. The molecule has 4 nitrogen and oxygen atoms in total. The first-order chi connectivity index (χ1) is 7.20. The Morgan fingerprint density at radius 3 is 2.60 bits per heavy atom. The van der Waals surface area contributed by atoms with Crippen molar-refractivity contribution in [1.82, 2.24) is 4.90 Å². The van der Waals surface area contributed by atoms with Crippen molar-refractivity contribution in [2.75, 3.05) is 13.2 Å². The monoisotopic (exact) mass is 209 g/mol. The number of hydrogen-bond donors (Lipinski definition) is 0. The van der Waals surface area contributed by atoms with Crippen LogP contribution in [0.2, 0.25) is 0 Å². The highest BCUT2D eigenvalue weighted by atomic mass is 16.5. The van der Waals surface area contributed by atoms with Gasteiger partial charge in [0.05, 0.1) is 31.6 Å². The van der Waals surface area contributed by atoms with E-state index in [1.807, 2.05) is 18.7 Å². The molecule has 1 amide bonds. The molecule has 0 saturated carbocycles. The molecule has 15 heavy (non-hydrogen) atoms. The van der Waals surface area contributed by atoms with E-state index in [1.54, 1.807) is 12.1 Å². The van der Waals surface area contributed by atoms with Crippen molar-refractivity contribution in [3.63, 3.8) is 0 Å². The lowest BCUT2D eigenvalue weighted by molar-refractivity contribution is -0.0263. The SMILES string of the molecule is C[C@@H]1COC[C@H](C)N1C(=O)c1ccco1. The Kier molecular flexibility index (Phi) is 2.77. The Morgan fingerprint density at radius 1 is 1.40 bits per heavy atom. The Hall–Kier alpha value is -1.29. The first-order valence-electron chi connectivity index (χ1n) is 5.14. The van der Waals surface area contributed by atoms with E-state index in [2.05, 4.69) is 0 Å². The van der Waals surface area contributed by atoms with Gasteiger partial charge in [-0.05, 0) is 26.0 Å². The summed E-state index contributed by atoms with van der Waals surface area (Å²) in [4.78, 5) is 13.9. The average molecular weight is 209 g/mol. The quantitative estimate of drug-likeness (QED) is 0.704. The summed E-state index contributed by atoms with van der Waals surface area (Å²) >= 11 is 0. The van der Waals surface area contributed by atoms with E-state index in [4.69, 9.17) is 9.15 Å². The predicted molar refractivity (Wildman–Crippen MR) is 54.6 cm³/mol. The molecule has 0 aromatic carbocycles. The zero-order valence-electron chi connectivity index (χ0n) is 8.97. The van der Waals surface area contributed by atoms with Crippen LogP contribution >= 0.6 is 0 Å². The molecular formula is C11H15NO3. The Morgan fingerprint density at radius 2 is 2.07 bits per heavy atom. The largest absolute Gasteiger partial charge is 0.459 e. The molecule has 82 valence electrons. The van der Waals surface area contributed by atoms with Crippen molar-refractivity contribution in [2.45, 2.75) is 25.9 Å². The van der Waals surface area contributed by atoms with Crippen LogP contribution in [-0.4, -0.2) is 36.1 Å². The predicted octanol–water partition coefficient (Wildman–Crippen LogP) is 1.53. The summed E-state index contributed by atoms with van der Waals surface area (Å²) < 4.78 is 10.5. The van der Waals surface area contributed by atoms with E-state index in [0.29, 0.717) is 19.0 Å². The zero-order chi connectivity index (χ0) is 10.8. The number of amides is 1. The summed E-state index contributed by atoms with van der Waals surface area (Å²) in [6.45, 7) is 5.15. The van der Waals surface area contributed by atoms with Crippen LogP contribution in [0.25, 0.3) is 0 Å². The van der Waals surface area contributed by atoms with Crippen LogP contribution in [0.5, 0.6) is 0 Å². The second-order valence-corrected chi connectivity index (χ2v) is 3.93. The standard InChI is InChI=1S/C11H15NO3/c1-8-6-14-7-9(2)12(8)11(13)10-4-3-5-15-10/h3-5,8-9H,6-7H2,1-2H3/t8-,9+. The average Bonchev–Trinajstić information content (AvgIpc) is 2.69. The number of furan rings is 1. The van der Waals surface area contributed by atoms with Crippen LogP contribution in [0.4, 0.5) is 0 Å². The second-order valence-electron chi connectivity index (χ2n) is 3.93. The summed E-state index contributed by atoms with van der Waals surface area (Å²) in [5.41, 5.74) is 0. The van der Waals surface area contributed by atoms with Gasteiger partial charge in [-0.15, -0.1) is 0 Å². The lowest BCUT2D eigenvalue weighted by atomic mass is 10.1. The fourth-order valence-electron chi connectivity index (χ4n) is 1.93. The summed E-state index contributed by atoms with van der Waals surface area (Å²) in [6.07, 6.45) is 1.52. The van der Waals surface area contributed by atoms with Gasteiger partial charge in [-0.3, -0.25) is 4.79 Å². The summed E-state index contributed by atoms with van der Waals surface area (Å²) in [7, 11) is 0. The Labute approximate surface area is 88.8 Å². The molecule has 0 radical (unpaired) electrons. The van der Waals surface area contributed by atoms with Crippen LogP contribution in [0.15, 0.2) is 22.8 Å². The molecule has 0 spiro atoms. The van der Waals surface area contributed by atoms with Crippen LogP contribution in [-0.2, 0) is 4.74 Å². The molecule has 1 aliphatic heterocycles. The number of ether oxygens (including phenoxy) is 1. The van der Waals surface area contributed by atoms with E-state index in [9.17, 15) is 4.79 Å². The number of carbonyl (C=O) groups is 1. The van der Waals surface area contributed by atoms with E-state index in [1.165, 1.54) is 6.26 Å². The molecular weight excluding hydrogens is 194 g/mol. The van der Waals surface area contributed by atoms with Crippen LogP contribution < -0.4 is 0 Å². The van der Waals surface area contributed by atoms with E-state index in [-0.39, 0.29) is 18.0 Å². The zero-order valence-corrected chi connectivity index (χ0v) is 8.97. The minimum atomic E-state index is -0.0525. The van der Waals surface area contributed by atoms with Gasteiger partial charge in [0.15, 0.2) is 5.76 Å². The minimum absolute atomic E-state index is 0.0525. The number of carbonyl (C=O) groups excluding carboxylic acids is 1. The maximum absolute atomic E-state index is 12.1. The van der Waals surface area contributed by atoms with Gasteiger partial charge in [-0.25, -0.2) is 0 Å². The smallest absolute Gasteiger partial charge is 0.290 e. The van der Waals surface area contributed by atoms with Gasteiger partial charge in [0.2, 0.25) is 0 Å². The fraction of sp³-hybridized carbons (Fsp3) is 0.545.